The van der Waals surface area contributed by atoms with Crippen LogP contribution in [-0.4, -0.2) is 27.4 Å². The standard InChI is InChI=1S/C14H15N5O2/c1-3-11-16-17-12(20-11)9-19(2)14-15-13(18-21-14)10-7-5-4-6-8-10/h4-8H,3,9H2,1-2H3. The maximum absolute atomic E-state index is 5.46. The molecule has 0 radical (unpaired) electrons. The summed E-state index contributed by atoms with van der Waals surface area (Å²) in [6.07, 6.45) is 0.718. The van der Waals surface area contributed by atoms with Gasteiger partial charge in [-0.2, -0.15) is 4.98 Å². The maximum Gasteiger partial charge on any atom is 0.324 e. The highest BCUT2D eigenvalue weighted by Gasteiger charge is 2.15. The van der Waals surface area contributed by atoms with Crippen molar-refractivity contribution in [1.82, 2.24) is 20.3 Å². The van der Waals surface area contributed by atoms with Gasteiger partial charge >= 0.3 is 6.01 Å². The molecule has 0 bridgehead atoms. The number of rotatable bonds is 5. The van der Waals surface area contributed by atoms with E-state index < -0.39 is 0 Å². The molecule has 0 aliphatic heterocycles. The molecule has 2 heterocycles. The molecule has 0 fully saturated rings. The molecular weight excluding hydrogens is 270 g/mol. The average Bonchev–Trinajstić information content (AvgIpc) is 3.17. The van der Waals surface area contributed by atoms with Crippen molar-refractivity contribution >= 4 is 6.01 Å². The Hall–Kier alpha value is -2.70. The number of benzene rings is 1. The van der Waals surface area contributed by atoms with Gasteiger partial charge in [0.1, 0.15) is 6.54 Å². The maximum atomic E-state index is 5.46. The van der Waals surface area contributed by atoms with E-state index in [0.29, 0.717) is 30.2 Å². The minimum atomic E-state index is 0.408. The van der Waals surface area contributed by atoms with E-state index in [9.17, 15) is 0 Å². The molecule has 7 heteroatoms. The molecule has 1 aromatic carbocycles. The van der Waals surface area contributed by atoms with Gasteiger partial charge in [0.05, 0.1) is 0 Å². The van der Waals surface area contributed by atoms with Crippen molar-refractivity contribution in [1.29, 1.82) is 0 Å². The van der Waals surface area contributed by atoms with Crippen LogP contribution in [0.4, 0.5) is 6.01 Å². The number of anilines is 1. The summed E-state index contributed by atoms with van der Waals surface area (Å²) in [5.41, 5.74) is 0.909. The molecule has 0 saturated heterocycles. The molecule has 2 aromatic heterocycles. The molecule has 7 nitrogen and oxygen atoms in total. The molecule has 0 aliphatic carbocycles. The Morgan fingerprint density at radius 1 is 1.10 bits per heavy atom. The van der Waals surface area contributed by atoms with Gasteiger partial charge in [0, 0.05) is 19.0 Å². The Morgan fingerprint density at radius 3 is 2.57 bits per heavy atom. The van der Waals surface area contributed by atoms with Gasteiger partial charge in [-0.05, 0) is 0 Å². The zero-order valence-electron chi connectivity index (χ0n) is 11.9. The van der Waals surface area contributed by atoms with Crippen LogP contribution in [0.5, 0.6) is 0 Å². The number of aromatic nitrogens is 4. The fourth-order valence-electron chi connectivity index (χ4n) is 1.84. The minimum absolute atomic E-state index is 0.408. The van der Waals surface area contributed by atoms with Crippen LogP contribution >= 0.6 is 0 Å². The van der Waals surface area contributed by atoms with Crippen LogP contribution in [-0.2, 0) is 13.0 Å². The molecule has 0 spiro atoms. The van der Waals surface area contributed by atoms with Crippen molar-refractivity contribution in [2.45, 2.75) is 19.9 Å². The second-order valence-electron chi connectivity index (χ2n) is 4.57. The van der Waals surface area contributed by atoms with Crippen molar-refractivity contribution in [3.63, 3.8) is 0 Å². The van der Waals surface area contributed by atoms with E-state index in [-0.39, 0.29) is 0 Å². The SMILES string of the molecule is CCc1nnc(CN(C)c2nc(-c3ccccc3)no2)o1. The van der Waals surface area contributed by atoms with Crippen LogP contribution in [0.15, 0.2) is 39.3 Å². The monoisotopic (exact) mass is 285 g/mol. The summed E-state index contributed by atoms with van der Waals surface area (Å²) in [5, 5.41) is 11.9. The fourth-order valence-corrected chi connectivity index (χ4v) is 1.84. The third-order valence-electron chi connectivity index (χ3n) is 2.96. The van der Waals surface area contributed by atoms with Crippen LogP contribution < -0.4 is 4.90 Å². The highest BCUT2D eigenvalue weighted by atomic mass is 16.5. The Morgan fingerprint density at radius 2 is 1.86 bits per heavy atom. The smallest absolute Gasteiger partial charge is 0.324 e. The van der Waals surface area contributed by atoms with Crippen LogP contribution in [0.25, 0.3) is 11.4 Å². The second kappa shape index (κ2) is 5.74. The van der Waals surface area contributed by atoms with E-state index in [4.69, 9.17) is 8.94 Å². The molecule has 0 amide bonds. The lowest BCUT2D eigenvalue weighted by molar-refractivity contribution is 0.406. The van der Waals surface area contributed by atoms with E-state index in [2.05, 4.69) is 20.3 Å². The number of hydrogen-bond acceptors (Lipinski definition) is 7. The van der Waals surface area contributed by atoms with Gasteiger partial charge < -0.3 is 13.8 Å². The predicted octanol–water partition coefficient (Wildman–Crippen LogP) is 2.32. The fraction of sp³-hybridized carbons (Fsp3) is 0.286. The van der Waals surface area contributed by atoms with Gasteiger partial charge in [0.25, 0.3) is 0 Å². The highest BCUT2D eigenvalue weighted by Crippen LogP contribution is 2.19. The number of nitrogens with zero attached hydrogens (tertiary/aromatic N) is 5. The Labute approximate surface area is 121 Å². The molecule has 3 aromatic rings. The summed E-state index contributed by atoms with van der Waals surface area (Å²) in [5.74, 6) is 1.69. The number of hydrogen-bond donors (Lipinski definition) is 0. The third kappa shape index (κ3) is 2.91. The van der Waals surface area contributed by atoms with Gasteiger partial charge in [-0.15, -0.1) is 10.2 Å². The van der Waals surface area contributed by atoms with Gasteiger partial charge in [-0.1, -0.05) is 42.4 Å². The summed E-state index contributed by atoms with van der Waals surface area (Å²) < 4.78 is 10.7. The van der Waals surface area contributed by atoms with Crippen LogP contribution in [0.3, 0.4) is 0 Å². The van der Waals surface area contributed by atoms with Gasteiger partial charge in [-0.3, -0.25) is 0 Å². The van der Waals surface area contributed by atoms with E-state index >= 15 is 0 Å². The normalized spacial score (nSPS) is 10.8. The van der Waals surface area contributed by atoms with Crippen molar-refractivity contribution in [3.05, 3.63) is 42.1 Å². The van der Waals surface area contributed by atoms with E-state index in [1.165, 1.54) is 0 Å². The second-order valence-corrected chi connectivity index (χ2v) is 4.57. The molecule has 108 valence electrons. The number of aryl methyl sites for hydroxylation is 1. The van der Waals surface area contributed by atoms with Crippen LogP contribution in [0, 0.1) is 0 Å². The summed E-state index contributed by atoms with van der Waals surface area (Å²) in [6.45, 7) is 2.38. The van der Waals surface area contributed by atoms with Crippen molar-refractivity contribution in [3.8, 4) is 11.4 Å². The third-order valence-corrected chi connectivity index (χ3v) is 2.96. The van der Waals surface area contributed by atoms with Crippen molar-refractivity contribution in [2.75, 3.05) is 11.9 Å². The molecular formula is C14H15N5O2. The van der Waals surface area contributed by atoms with Gasteiger partial charge in [0.15, 0.2) is 0 Å². The van der Waals surface area contributed by atoms with Crippen molar-refractivity contribution < 1.29 is 8.94 Å². The lowest BCUT2D eigenvalue weighted by Gasteiger charge is -2.09. The zero-order chi connectivity index (χ0) is 14.7. The van der Waals surface area contributed by atoms with Gasteiger partial charge in [0.2, 0.25) is 17.6 Å². The first-order valence-corrected chi connectivity index (χ1v) is 6.67. The summed E-state index contributed by atoms with van der Waals surface area (Å²) in [7, 11) is 1.83. The predicted molar refractivity (Wildman–Crippen MR) is 75.5 cm³/mol. The lowest BCUT2D eigenvalue weighted by atomic mass is 10.2. The van der Waals surface area contributed by atoms with E-state index in [1.807, 2.05) is 44.3 Å². The van der Waals surface area contributed by atoms with Crippen molar-refractivity contribution in [2.24, 2.45) is 0 Å². The topological polar surface area (TPSA) is 81.1 Å². The first kappa shape index (κ1) is 13.3. The summed E-state index contributed by atoms with van der Waals surface area (Å²) >= 11 is 0. The Balaban J connectivity index is 1.73. The molecule has 0 aliphatic rings. The van der Waals surface area contributed by atoms with Crippen LogP contribution in [0.1, 0.15) is 18.7 Å². The van der Waals surface area contributed by atoms with Crippen LogP contribution in [0.2, 0.25) is 0 Å². The van der Waals surface area contributed by atoms with E-state index in [1.54, 1.807) is 4.90 Å². The lowest BCUT2D eigenvalue weighted by Crippen LogP contribution is -2.16. The molecule has 0 unspecified atom stereocenters. The largest absolute Gasteiger partial charge is 0.423 e. The van der Waals surface area contributed by atoms with Gasteiger partial charge in [-0.25, -0.2) is 0 Å². The minimum Gasteiger partial charge on any atom is -0.423 e. The molecule has 0 saturated carbocycles. The zero-order valence-corrected chi connectivity index (χ0v) is 11.9. The molecule has 3 rings (SSSR count). The first-order chi connectivity index (χ1) is 10.3. The highest BCUT2D eigenvalue weighted by molar-refractivity contribution is 5.55. The first-order valence-electron chi connectivity index (χ1n) is 6.67. The average molecular weight is 285 g/mol. The Kier molecular flexibility index (Phi) is 3.63. The van der Waals surface area contributed by atoms with E-state index in [0.717, 1.165) is 12.0 Å². The quantitative estimate of drug-likeness (QED) is 0.711. The summed E-state index contributed by atoms with van der Waals surface area (Å²) in [6, 6.07) is 10.1. The molecule has 0 N–H and O–H groups in total. The Bertz CT molecular complexity index is 707. The molecule has 21 heavy (non-hydrogen) atoms. The molecule has 0 atom stereocenters. The summed E-state index contributed by atoms with van der Waals surface area (Å²) in [4.78, 5) is 6.13.